The van der Waals surface area contributed by atoms with Crippen LogP contribution in [-0.2, 0) is 0 Å². The molecule has 1 aliphatic rings. The predicted octanol–water partition coefficient (Wildman–Crippen LogP) is 2.45. The summed E-state index contributed by atoms with van der Waals surface area (Å²) in [5.41, 5.74) is 2.46. The van der Waals surface area contributed by atoms with E-state index in [1.165, 1.54) is 11.1 Å². The summed E-state index contributed by atoms with van der Waals surface area (Å²) in [6.45, 7) is 5.85. The highest BCUT2D eigenvalue weighted by Crippen LogP contribution is 2.14. The van der Waals surface area contributed by atoms with Gasteiger partial charge in [-0.3, -0.25) is 0 Å². The van der Waals surface area contributed by atoms with Crippen LogP contribution in [0.15, 0.2) is 36.0 Å². The largest absolute Gasteiger partial charge is 0.0955 e. The van der Waals surface area contributed by atoms with Gasteiger partial charge >= 0.3 is 0 Å². The first-order valence-corrected chi connectivity index (χ1v) is 2.83. The van der Waals surface area contributed by atoms with Gasteiger partial charge in [0.25, 0.3) is 0 Å². The molecule has 8 heavy (non-hydrogen) atoms. The molecule has 0 radical (unpaired) electrons. The van der Waals surface area contributed by atoms with E-state index in [0.717, 1.165) is 6.42 Å². The van der Waals surface area contributed by atoms with Gasteiger partial charge in [0.2, 0.25) is 0 Å². The SMILES string of the molecule is C=C(C)C1=CCC=C1. The molecule has 0 aromatic rings. The Kier molecular flexibility index (Phi) is 1.34. The summed E-state index contributed by atoms with van der Waals surface area (Å²) >= 11 is 0. The molecule has 0 nitrogen and oxygen atoms in total. The van der Waals surface area contributed by atoms with Crippen LogP contribution in [0.25, 0.3) is 0 Å². The van der Waals surface area contributed by atoms with E-state index in [1.54, 1.807) is 0 Å². The van der Waals surface area contributed by atoms with E-state index in [2.05, 4.69) is 24.8 Å². The molecule has 0 amide bonds. The van der Waals surface area contributed by atoms with Crippen molar-refractivity contribution in [2.45, 2.75) is 13.3 Å². The molecular formula is C8H10. The molecule has 1 aliphatic carbocycles. The molecule has 0 heteroatoms. The van der Waals surface area contributed by atoms with Crippen LogP contribution in [-0.4, -0.2) is 0 Å². The van der Waals surface area contributed by atoms with Crippen molar-refractivity contribution in [2.75, 3.05) is 0 Å². The second kappa shape index (κ2) is 1.99. The molecule has 0 spiro atoms. The van der Waals surface area contributed by atoms with Crippen molar-refractivity contribution in [1.29, 1.82) is 0 Å². The average molecular weight is 106 g/mol. The lowest BCUT2D eigenvalue weighted by Gasteiger charge is -1.91. The fraction of sp³-hybridized carbons (Fsp3) is 0.250. The molecule has 1 rings (SSSR count). The van der Waals surface area contributed by atoms with Gasteiger partial charge in [0, 0.05) is 0 Å². The van der Waals surface area contributed by atoms with Crippen molar-refractivity contribution in [3.8, 4) is 0 Å². The number of hydrogen-bond acceptors (Lipinski definition) is 0. The summed E-state index contributed by atoms with van der Waals surface area (Å²) in [6.07, 6.45) is 7.52. The normalized spacial score (nSPS) is 16.4. The Balaban J connectivity index is 2.72. The first kappa shape index (κ1) is 5.36. The van der Waals surface area contributed by atoms with Gasteiger partial charge in [-0.05, 0) is 18.9 Å². The molecule has 0 fully saturated rings. The smallest absolute Gasteiger partial charge is 0.0157 e. The Hall–Kier alpha value is -0.780. The number of rotatable bonds is 1. The number of hydrogen-bond donors (Lipinski definition) is 0. The van der Waals surface area contributed by atoms with Crippen molar-refractivity contribution in [3.05, 3.63) is 36.0 Å². The fourth-order valence-corrected chi connectivity index (χ4v) is 0.775. The zero-order valence-corrected chi connectivity index (χ0v) is 5.15. The minimum absolute atomic E-state index is 1.09. The third-order valence-electron chi connectivity index (χ3n) is 1.26. The molecule has 0 bridgehead atoms. The standard InChI is InChI=1S/C8H10/c1-7(2)8-5-3-4-6-8/h3,5-6H,1,4H2,2H3. The van der Waals surface area contributed by atoms with Crippen LogP contribution in [0.5, 0.6) is 0 Å². The second-order valence-electron chi connectivity index (χ2n) is 2.08. The molecule has 0 heterocycles. The Morgan fingerprint density at radius 3 is 2.75 bits per heavy atom. The van der Waals surface area contributed by atoms with Crippen LogP contribution in [0, 0.1) is 0 Å². The highest BCUT2D eigenvalue weighted by molar-refractivity contribution is 5.40. The van der Waals surface area contributed by atoms with Gasteiger partial charge in [0.15, 0.2) is 0 Å². The van der Waals surface area contributed by atoms with Gasteiger partial charge in [0.05, 0.1) is 0 Å². The highest BCUT2D eigenvalue weighted by atomic mass is 14.0. The summed E-state index contributed by atoms with van der Waals surface area (Å²) in [5.74, 6) is 0. The lowest BCUT2D eigenvalue weighted by Crippen LogP contribution is -1.71. The molecule has 0 unspecified atom stereocenters. The third kappa shape index (κ3) is 0.890. The van der Waals surface area contributed by atoms with Gasteiger partial charge in [-0.1, -0.05) is 30.4 Å². The zero-order chi connectivity index (χ0) is 5.98. The lowest BCUT2D eigenvalue weighted by atomic mass is 10.1. The van der Waals surface area contributed by atoms with Crippen LogP contribution in [0.1, 0.15) is 13.3 Å². The molecule has 0 saturated carbocycles. The van der Waals surface area contributed by atoms with Crippen LogP contribution in [0.4, 0.5) is 0 Å². The minimum atomic E-state index is 1.09. The summed E-state index contributed by atoms with van der Waals surface area (Å²) < 4.78 is 0. The van der Waals surface area contributed by atoms with Crippen molar-refractivity contribution in [3.63, 3.8) is 0 Å². The van der Waals surface area contributed by atoms with E-state index in [1.807, 2.05) is 6.92 Å². The lowest BCUT2D eigenvalue weighted by molar-refractivity contribution is 1.41. The fourth-order valence-electron chi connectivity index (χ4n) is 0.775. The maximum Gasteiger partial charge on any atom is -0.0157 e. The van der Waals surface area contributed by atoms with E-state index in [4.69, 9.17) is 0 Å². The molecule has 0 saturated heterocycles. The van der Waals surface area contributed by atoms with Crippen LogP contribution in [0.3, 0.4) is 0 Å². The summed E-state index contributed by atoms with van der Waals surface area (Å²) in [7, 11) is 0. The Labute approximate surface area is 50.2 Å². The molecule has 42 valence electrons. The summed E-state index contributed by atoms with van der Waals surface area (Å²) in [4.78, 5) is 0. The molecular weight excluding hydrogens is 96.1 g/mol. The molecule has 0 N–H and O–H groups in total. The first-order valence-electron chi connectivity index (χ1n) is 2.83. The van der Waals surface area contributed by atoms with Gasteiger partial charge in [-0.25, -0.2) is 0 Å². The van der Waals surface area contributed by atoms with Crippen molar-refractivity contribution in [2.24, 2.45) is 0 Å². The highest BCUT2D eigenvalue weighted by Gasteiger charge is 1.94. The van der Waals surface area contributed by atoms with E-state index in [0.29, 0.717) is 0 Å². The maximum atomic E-state index is 3.82. The molecule has 0 aromatic carbocycles. The quantitative estimate of drug-likeness (QED) is 0.481. The topological polar surface area (TPSA) is 0 Å². The maximum absolute atomic E-state index is 3.82. The summed E-state index contributed by atoms with van der Waals surface area (Å²) in [5, 5.41) is 0. The monoisotopic (exact) mass is 106 g/mol. The zero-order valence-electron chi connectivity index (χ0n) is 5.15. The van der Waals surface area contributed by atoms with Gasteiger partial charge in [0.1, 0.15) is 0 Å². The Morgan fingerprint density at radius 2 is 2.50 bits per heavy atom. The second-order valence-corrected chi connectivity index (χ2v) is 2.08. The third-order valence-corrected chi connectivity index (χ3v) is 1.26. The van der Waals surface area contributed by atoms with Gasteiger partial charge < -0.3 is 0 Å². The molecule has 0 atom stereocenters. The first-order chi connectivity index (χ1) is 3.80. The van der Waals surface area contributed by atoms with Crippen molar-refractivity contribution < 1.29 is 0 Å². The van der Waals surface area contributed by atoms with E-state index >= 15 is 0 Å². The van der Waals surface area contributed by atoms with Gasteiger partial charge in [-0.2, -0.15) is 0 Å². The Morgan fingerprint density at radius 1 is 1.75 bits per heavy atom. The van der Waals surface area contributed by atoms with Crippen molar-refractivity contribution in [1.82, 2.24) is 0 Å². The Bertz CT molecular complexity index is 159. The average Bonchev–Trinajstić information content (AvgIpc) is 2.12. The van der Waals surface area contributed by atoms with E-state index in [9.17, 15) is 0 Å². The van der Waals surface area contributed by atoms with Gasteiger partial charge in [-0.15, -0.1) is 0 Å². The predicted molar refractivity (Wildman–Crippen MR) is 36.7 cm³/mol. The van der Waals surface area contributed by atoms with E-state index in [-0.39, 0.29) is 0 Å². The molecule has 0 aromatic heterocycles. The summed E-state index contributed by atoms with van der Waals surface area (Å²) in [6, 6.07) is 0. The van der Waals surface area contributed by atoms with E-state index < -0.39 is 0 Å². The van der Waals surface area contributed by atoms with Crippen molar-refractivity contribution >= 4 is 0 Å². The molecule has 0 aliphatic heterocycles. The minimum Gasteiger partial charge on any atom is -0.0955 e. The van der Waals surface area contributed by atoms with Crippen LogP contribution < -0.4 is 0 Å². The van der Waals surface area contributed by atoms with Crippen LogP contribution >= 0.6 is 0 Å². The number of allylic oxidation sites excluding steroid dienone is 5. The van der Waals surface area contributed by atoms with Crippen LogP contribution in [0.2, 0.25) is 0 Å².